The summed E-state index contributed by atoms with van der Waals surface area (Å²) in [5, 5.41) is 4.41. The van der Waals surface area contributed by atoms with Crippen LogP contribution in [0.25, 0.3) is 0 Å². The summed E-state index contributed by atoms with van der Waals surface area (Å²) in [6.45, 7) is 4.94. The number of rotatable bonds is 4. The van der Waals surface area contributed by atoms with Crippen molar-refractivity contribution < 1.29 is 0 Å². The molecule has 0 radical (unpaired) electrons. The summed E-state index contributed by atoms with van der Waals surface area (Å²) < 4.78 is 0. The lowest BCUT2D eigenvalue weighted by Crippen LogP contribution is -2.46. The Balaban J connectivity index is 1.32. The van der Waals surface area contributed by atoms with Crippen molar-refractivity contribution in [3.05, 3.63) is 45.9 Å². The van der Waals surface area contributed by atoms with Gasteiger partial charge >= 0.3 is 0 Å². The number of thiazole rings is 1. The first kappa shape index (κ1) is 20.8. The third-order valence-corrected chi connectivity index (χ3v) is 8.88. The van der Waals surface area contributed by atoms with E-state index in [4.69, 9.17) is 16.6 Å². The highest BCUT2D eigenvalue weighted by atomic mass is 35.5. The minimum Gasteiger partial charge on any atom is -0.348 e. The van der Waals surface area contributed by atoms with Crippen molar-refractivity contribution in [2.75, 3.05) is 31.1 Å². The molecule has 1 saturated carbocycles. The summed E-state index contributed by atoms with van der Waals surface area (Å²) in [7, 11) is 0. The molecule has 0 bridgehead atoms. The van der Waals surface area contributed by atoms with Crippen molar-refractivity contribution in [2.24, 2.45) is 0 Å². The molecule has 0 amide bonds. The fourth-order valence-electron chi connectivity index (χ4n) is 5.95. The molecule has 5 rings (SSSR count). The Morgan fingerprint density at radius 2 is 1.53 bits per heavy atom. The van der Waals surface area contributed by atoms with Gasteiger partial charge in [-0.05, 0) is 69.3 Å². The van der Waals surface area contributed by atoms with Gasteiger partial charge in [0.2, 0.25) is 0 Å². The second-order valence-electron chi connectivity index (χ2n) is 9.48. The number of halogens is 1. The molecule has 0 spiro atoms. The smallest absolute Gasteiger partial charge is 0.185 e. The van der Waals surface area contributed by atoms with Crippen LogP contribution in [0.4, 0.5) is 5.13 Å². The predicted octanol–water partition coefficient (Wildman–Crippen LogP) is 6.50. The van der Waals surface area contributed by atoms with Crippen molar-refractivity contribution in [2.45, 2.75) is 75.7 Å². The highest BCUT2D eigenvalue weighted by Crippen LogP contribution is 2.46. The normalized spacial score (nSPS) is 23.6. The van der Waals surface area contributed by atoms with Gasteiger partial charge in [-0.1, -0.05) is 49.4 Å². The Bertz CT molecular complexity index is 813. The number of piperidine rings is 2. The van der Waals surface area contributed by atoms with Crippen LogP contribution < -0.4 is 4.90 Å². The van der Waals surface area contributed by atoms with Crippen molar-refractivity contribution in [3.63, 3.8) is 0 Å². The Morgan fingerprint density at radius 1 is 0.867 bits per heavy atom. The summed E-state index contributed by atoms with van der Waals surface area (Å²) in [4.78, 5) is 10.6. The summed E-state index contributed by atoms with van der Waals surface area (Å²) in [6.07, 6.45) is 13.1. The maximum atomic E-state index is 6.19. The molecule has 2 saturated heterocycles. The van der Waals surface area contributed by atoms with Gasteiger partial charge in [-0.2, -0.15) is 0 Å². The SMILES string of the molecule is Clc1ccc(C2(c3csc(N4CCC(N5CCCCC5)CC4)n3)CCCCC2)cc1. The lowest BCUT2D eigenvalue weighted by Gasteiger charge is -2.40. The predicted molar refractivity (Wildman–Crippen MR) is 128 cm³/mol. The van der Waals surface area contributed by atoms with E-state index < -0.39 is 0 Å². The first-order chi connectivity index (χ1) is 14.7. The average molecular weight is 444 g/mol. The highest BCUT2D eigenvalue weighted by Gasteiger charge is 2.38. The van der Waals surface area contributed by atoms with Gasteiger partial charge in [-0.15, -0.1) is 11.3 Å². The standard InChI is InChI=1S/C25H34ClN3S/c26-21-9-7-20(8-10-21)25(13-3-1-4-14-25)23-19-30-24(27-23)29-17-11-22(12-18-29)28-15-5-2-6-16-28/h7-10,19,22H,1-6,11-18H2. The Labute approximate surface area is 190 Å². The molecule has 0 atom stereocenters. The minimum atomic E-state index is 0.0731. The van der Waals surface area contributed by atoms with Crippen molar-refractivity contribution >= 4 is 28.1 Å². The Hall–Kier alpha value is -1.10. The lowest BCUT2D eigenvalue weighted by atomic mass is 9.67. The third kappa shape index (κ3) is 4.16. The molecule has 3 fully saturated rings. The monoisotopic (exact) mass is 443 g/mol. The molecule has 1 aliphatic carbocycles. The average Bonchev–Trinajstić information content (AvgIpc) is 3.32. The number of anilines is 1. The molecule has 0 N–H and O–H groups in total. The lowest BCUT2D eigenvalue weighted by molar-refractivity contribution is 0.141. The number of benzene rings is 1. The molecule has 30 heavy (non-hydrogen) atoms. The van der Waals surface area contributed by atoms with Crippen molar-refractivity contribution in [1.82, 2.24) is 9.88 Å². The quantitative estimate of drug-likeness (QED) is 0.537. The van der Waals surface area contributed by atoms with E-state index in [0.29, 0.717) is 0 Å². The second-order valence-corrected chi connectivity index (χ2v) is 10.8. The fraction of sp³-hybridized carbons (Fsp3) is 0.640. The zero-order valence-electron chi connectivity index (χ0n) is 18.0. The van der Waals surface area contributed by atoms with Crippen molar-refractivity contribution in [1.29, 1.82) is 0 Å². The zero-order valence-corrected chi connectivity index (χ0v) is 19.6. The van der Waals surface area contributed by atoms with E-state index in [1.165, 1.54) is 93.7 Å². The van der Waals surface area contributed by atoms with Crippen LogP contribution in [-0.4, -0.2) is 42.1 Å². The Kier molecular flexibility index (Phi) is 6.36. The van der Waals surface area contributed by atoms with E-state index in [9.17, 15) is 0 Å². The van der Waals surface area contributed by atoms with E-state index in [0.717, 1.165) is 24.2 Å². The molecule has 1 aromatic carbocycles. The molecule has 3 aliphatic rings. The number of hydrogen-bond acceptors (Lipinski definition) is 4. The number of likely N-dealkylation sites (tertiary alicyclic amines) is 1. The van der Waals surface area contributed by atoms with Crippen LogP contribution >= 0.6 is 22.9 Å². The van der Waals surface area contributed by atoms with Gasteiger partial charge in [0.1, 0.15) is 0 Å². The van der Waals surface area contributed by atoms with Crippen LogP contribution in [0.3, 0.4) is 0 Å². The van der Waals surface area contributed by atoms with Crippen LogP contribution in [0.2, 0.25) is 5.02 Å². The molecule has 3 heterocycles. The summed E-state index contributed by atoms with van der Waals surface area (Å²) in [5.41, 5.74) is 2.76. The number of nitrogens with zero attached hydrogens (tertiary/aromatic N) is 3. The van der Waals surface area contributed by atoms with E-state index in [-0.39, 0.29) is 5.41 Å². The molecular formula is C25H34ClN3S. The largest absolute Gasteiger partial charge is 0.348 e. The number of hydrogen-bond donors (Lipinski definition) is 0. The van der Waals surface area contributed by atoms with Crippen LogP contribution in [-0.2, 0) is 5.41 Å². The summed E-state index contributed by atoms with van der Waals surface area (Å²) in [6, 6.07) is 9.35. The minimum absolute atomic E-state index is 0.0731. The summed E-state index contributed by atoms with van der Waals surface area (Å²) >= 11 is 8.05. The first-order valence-corrected chi connectivity index (χ1v) is 13.2. The molecule has 3 nitrogen and oxygen atoms in total. The van der Waals surface area contributed by atoms with E-state index in [1.54, 1.807) is 0 Å². The molecule has 2 aliphatic heterocycles. The highest BCUT2D eigenvalue weighted by molar-refractivity contribution is 7.13. The van der Waals surface area contributed by atoms with Crippen LogP contribution in [0.15, 0.2) is 29.6 Å². The van der Waals surface area contributed by atoms with Gasteiger partial charge in [0.05, 0.1) is 5.69 Å². The fourth-order valence-corrected chi connectivity index (χ4v) is 7.06. The topological polar surface area (TPSA) is 19.4 Å². The maximum absolute atomic E-state index is 6.19. The molecule has 162 valence electrons. The molecule has 1 aromatic heterocycles. The van der Waals surface area contributed by atoms with Crippen LogP contribution in [0, 0.1) is 0 Å². The zero-order chi connectivity index (χ0) is 20.4. The van der Waals surface area contributed by atoms with E-state index >= 15 is 0 Å². The number of aromatic nitrogens is 1. The van der Waals surface area contributed by atoms with Crippen LogP contribution in [0.5, 0.6) is 0 Å². The maximum Gasteiger partial charge on any atom is 0.185 e. The molecule has 5 heteroatoms. The molecule has 2 aromatic rings. The first-order valence-electron chi connectivity index (χ1n) is 12.0. The van der Waals surface area contributed by atoms with E-state index in [2.05, 4.69) is 27.3 Å². The van der Waals surface area contributed by atoms with Gasteiger partial charge in [0, 0.05) is 34.9 Å². The van der Waals surface area contributed by atoms with Gasteiger partial charge in [-0.25, -0.2) is 4.98 Å². The van der Waals surface area contributed by atoms with Gasteiger partial charge in [0.25, 0.3) is 0 Å². The van der Waals surface area contributed by atoms with E-state index in [1.807, 2.05) is 23.5 Å². The van der Waals surface area contributed by atoms with Gasteiger partial charge in [-0.3, -0.25) is 0 Å². The third-order valence-electron chi connectivity index (χ3n) is 7.73. The second kappa shape index (κ2) is 9.18. The molecule has 0 unspecified atom stereocenters. The van der Waals surface area contributed by atoms with Gasteiger partial charge < -0.3 is 9.80 Å². The van der Waals surface area contributed by atoms with Crippen molar-refractivity contribution in [3.8, 4) is 0 Å². The van der Waals surface area contributed by atoms with Crippen LogP contribution in [0.1, 0.15) is 75.5 Å². The molecular weight excluding hydrogens is 410 g/mol. The van der Waals surface area contributed by atoms with Gasteiger partial charge in [0.15, 0.2) is 5.13 Å². The summed E-state index contributed by atoms with van der Waals surface area (Å²) in [5.74, 6) is 0. The Morgan fingerprint density at radius 3 is 2.23 bits per heavy atom.